The molecule has 1 amide bonds. The second kappa shape index (κ2) is 12.4. The smallest absolute Gasteiger partial charge is 0.308 e. The zero-order valence-electron chi connectivity index (χ0n) is 23.6. The molecule has 0 aromatic heterocycles. The highest BCUT2D eigenvalue weighted by Crippen LogP contribution is 2.54. The summed E-state index contributed by atoms with van der Waals surface area (Å²) in [4.78, 5) is 29.3. The summed E-state index contributed by atoms with van der Waals surface area (Å²) in [5.74, 6) is 0.475. The largest absolute Gasteiger partial charge is 0.427 e. The number of rotatable bonds is 10. The number of likely N-dealkylation sites (N-methyl/N-ethyl adjacent to an activating group) is 1. The summed E-state index contributed by atoms with van der Waals surface area (Å²) in [6.07, 6.45) is 8.32. The van der Waals surface area contributed by atoms with Gasteiger partial charge in [-0.3, -0.25) is 9.59 Å². The molecule has 6 nitrogen and oxygen atoms in total. The fraction of sp³-hybridized carbons (Fsp3) is 0.562. The van der Waals surface area contributed by atoms with Gasteiger partial charge >= 0.3 is 5.97 Å². The molecule has 0 bridgehead atoms. The van der Waals surface area contributed by atoms with Gasteiger partial charge in [-0.05, 0) is 81.8 Å². The van der Waals surface area contributed by atoms with Crippen LogP contribution >= 0.6 is 0 Å². The maximum atomic E-state index is 13.3. The van der Waals surface area contributed by atoms with Crippen LogP contribution in [0.25, 0.3) is 0 Å². The van der Waals surface area contributed by atoms with E-state index in [2.05, 4.69) is 42.3 Å². The highest BCUT2D eigenvalue weighted by Gasteiger charge is 2.59. The SMILES string of the molecule is CO[C@]12CC[C@H](N(C)C(=O)CCCCCc3ccccc3)C[C@]1(c1cccc(OC(C)=O)c1)CCN(C)C2. The molecule has 2 aliphatic rings. The first-order chi connectivity index (χ1) is 18.3. The molecule has 4 rings (SSSR count). The van der Waals surface area contributed by atoms with Crippen LogP contribution in [0, 0.1) is 0 Å². The van der Waals surface area contributed by atoms with Gasteiger partial charge in [0.05, 0.1) is 5.60 Å². The van der Waals surface area contributed by atoms with Crippen LogP contribution in [-0.2, 0) is 26.2 Å². The molecule has 6 heteroatoms. The molecule has 1 saturated carbocycles. The monoisotopic (exact) mass is 520 g/mol. The fourth-order valence-electron chi connectivity index (χ4n) is 6.83. The molecular weight excluding hydrogens is 476 g/mol. The van der Waals surface area contributed by atoms with Crippen LogP contribution in [0.2, 0.25) is 0 Å². The van der Waals surface area contributed by atoms with E-state index in [4.69, 9.17) is 9.47 Å². The highest BCUT2D eigenvalue weighted by molar-refractivity contribution is 5.76. The number of methoxy groups -OCH3 is 1. The number of piperidine rings is 1. The first-order valence-electron chi connectivity index (χ1n) is 14.1. The molecule has 3 atom stereocenters. The second-order valence-corrected chi connectivity index (χ2v) is 11.3. The molecule has 0 radical (unpaired) electrons. The summed E-state index contributed by atoms with van der Waals surface area (Å²) in [5, 5.41) is 0. The molecule has 1 aliphatic carbocycles. The van der Waals surface area contributed by atoms with Gasteiger partial charge in [0.2, 0.25) is 5.91 Å². The number of aryl methyl sites for hydroxylation is 1. The Kier molecular flexibility index (Phi) is 9.27. The Labute approximate surface area is 228 Å². The second-order valence-electron chi connectivity index (χ2n) is 11.3. The maximum Gasteiger partial charge on any atom is 0.308 e. The van der Waals surface area contributed by atoms with Crippen molar-refractivity contribution < 1.29 is 19.1 Å². The standard InChI is InChI=1S/C32H44N2O4/c1-25(35)38-29-16-11-15-27(22-29)31-20-21-33(2)24-32(31,37-4)19-18-28(23-31)34(3)30(36)17-10-6-9-14-26-12-7-5-8-13-26/h5,7-8,11-13,15-16,22,28H,6,9-10,14,17-21,23-24H2,1-4H3/t28-,31-,32-/m0/s1. The van der Waals surface area contributed by atoms with E-state index in [1.54, 1.807) is 0 Å². The minimum absolute atomic E-state index is 0.149. The topological polar surface area (TPSA) is 59.1 Å². The van der Waals surface area contributed by atoms with Crippen LogP contribution in [0.4, 0.5) is 0 Å². The molecule has 2 aromatic carbocycles. The third kappa shape index (κ3) is 6.13. The molecule has 2 aromatic rings. The van der Waals surface area contributed by atoms with Crippen LogP contribution in [0.15, 0.2) is 54.6 Å². The molecule has 1 heterocycles. The van der Waals surface area contributed by atoms with Crippen LogP contribution in [-0.4, -0.2) is 67.6 Å². The molecule has 0 N–H and O–H groups in total. The van der Waals surface area contributed by atoms with Gasteiger partial charge in [0, 0.05) is 45.5 Å². The number of fused-ring (bicyclic) bond motifs is 1. The van der Waals surface area contributed by atoms with Crippen LogP contribution in [0.3, 0.4) is 0 Å². The summed E-state index contributed by atoms with van der Waals surface area (Å²) in [6.45, 7) is 3.22. The Hall–Kier alpha value is -2.70. The predicted molar refractivity (Wildman–Crippen MR) is 150 cm³/mol. The minimum atomic E-state index is -0.354. The van der Waals surface area contributed by atoms with Crippen molar-refractivity contribution in [3.8, 4) is 5.75 Å². The molecule has 1 saturated heterocycles. The summed E-state index contributed by atoms with van der Waals surface area (Å²) in [7, 11) is 5.96. The van der Waals surface area contributed by atoms with E-state index in [0.717, 1.165) is 70.0 Å². The van der Waals surface area contributed by atoms with Gasteiger partial charge in [0.1, 0.15) is 5.75 Å². The van der Waals surface area contributed by atoms with Crippen molar-refractivity contribution in [1.82, 2.24) is 9.80 Å². The van der Waals surface area contributed by atoms with E-state index in [1.807, 2.05) is 43.3 Å². The molecule has 38 heavy (non-hydrogen) atoms. The first kappa shape index (κ1) is 28.3. The van der Waals surface area contributed by atoms with Gasteiger partial charge in [0.25, 0.3) is 0 Å². The lowest BCUT2D eigenvalue weighted by molar-refractivity contribution is -0.157. The van der Waals surface area contributed by atoms with Crippen molar-refractivity contribution in [2.45, 2.75) is 81.8 Å². The molecule has 1 aliphatic heterocycles. The Balaban J connectivity index is 1.46. The number of esters is 1. The van der Waals surface area contributed by atoms with E-state index in [9.17, 15) is 9.59 Å². The van der Waals surface area contributed by atoms with Gasteiger partial charge in [-0.25, -0.2) is 0 Å². The number of unbranched alkanes of at least 4 members (excludes halogenated alkanes) is 2. The molecular formula is C32H44N2O4. The Morgan fingerprint density at radius 1 is 1.05 bits per heavy atom. The summed E-state index contributed by atoms with van der Waals surface area (Å²) >= 11 is 0. The lowest BCUT2D eigenvalue weighted by Crippen LogP contribution is -2.67. The van der Waals surface area contributed by atoms with Crippen molar-refractivity contribution >= 4 is 11.9 Å². The lowest BCUT2D eigenvalue weighted by Gasteiger charge is -2.60. The van der Waals surface area contributed by atoms with E-state index in [1.165, 1.54) is 12.5 Å². The zero-order valence-corrected chi connectivity index (χ0v) is 23.6. The number of nitrogens with zero attached hydrogens (tertiary/aromatic N) is 2. The Morgan fingerprint density at radius 2 is 1.84 bits per heavy atom. The van der Waals surface area contributed by atoms with E-state index in [0.29, 0.717) is 12.2 Å². The van der Waals surface area contributed by atoms with E-state index >= 15 is 0 Å². The quantitative estimate of drug-likeness (QED) is 0.239. The van der Waals surface area contributed by atoms with Gasteiger partial charge < -0.3 is 19.3 Å². The van der Waals surface area contributed by atoms with Gasteiger partial charge in [-0.15, -0.1) is 0 Å². The van der Waals surface area contributed by atoms with Crippen molar-refractivity contribution in [3.63, 3.8) is 0 Å². The number of carbonyl (C=O) groups is 2. The lowest BCUT2D eigenvalue weighted by atomic mass is 9.55. The summed E-state index contributed by atoms with van der Waals surface area (Å²) in [5.41, 5.74) is 1.88. The molecule has 0 unspecified atom stereocenters. The normalized spacial score (nSPS) is 25.4. The summed E-state index contributed by atoms with van der Waals surface area (Å²) in [6, 6.07) is 18.7. The minimum Gasteiger partial charge on any atom is -0.427 e. The highest BCUT2D eigenvalue weighted by atomic mass is 16.5. The van der Waals surface area contributed by atoms with Crippen molar-refractivity contribution in [2.75, 3.05) is 34.3 Å². The van der Waals surface area contributed by atoms with E-state index < -0.39 is 0 Å². The Morgan fingerprint density at radius 3 is 2.58 bits per heavy atom. The molecule has 206 valence electrons. The average Bonchev–Trinajstić information content (AvgIpc) is 2.92. The average molecular weight is 521 g/mol. The number of hydrogen-bond donors (Lipinski definition) is 0. The number of likely N-dealkylation sites (tertiary alicyclic amines) is 1. The number of amides is 1. The number of hydrogen-bond acceptors (Lipinski definition) is 5. The third-order valence-corrected chi connectivity index (χ3v) is 8.96. The zero-order chi connectivity index (χ0) is 27.2. The predicted octanol–water partition coefficient (Wildman–Crippen LogP) is 5.38. The van der Waals surface area contributed by atoms with E-state index in [-0.39, 0.29) is 28.9 Å². The number of ether oxygens (including phenoxy) is 2. The van der Waals surface area contributed by atoms with Crippen LogP contribution in [0.1, 0.15) is 69.4 Å². The number of benzene rings is 2. The maximum absolute atomic E-state index is 13.3. The molecule has 0 spiro atoms. The Bertz CT molecular complexity index is 1090. The van der Waals surface area contributed by atoms with Crippen LogP contribution < -0.4 is 4.74 Å². The van der Waals surface area contributed by atoms with Gasteiger partial charge in [-0.1, -0.05) is 48.9 Å². The van der Waals surface area contributed by atoms with Gasteiger partial charge in [0.15, 0.2) is 0 Å². The fourth-order valence-corrected chi connectivity index (χ4v) is 6.83. The van der Waals surface area contributed by atoms with Gasteiger partial charge in [-0.2, -0.15) is 0 Å². The summed E-state index contributed by atoms with van der Waals surface area (Å²) < 4.78 is 11.9. The van der Waals surface area contributed by atoms with Crippen molar-refractivity contribution in [2.24, 2.45) is 0 Å². The number of carbonyl (C=O) groups excluding carboxylic acids is 2. The van der Waals surface area contributed by atoms with Crippen molar-refractivity contribution in [1.29, 1.82) is 0 Å². The third-order valence-electron chi connectivity index (χ3n) is 8.96. The van der Waals surface area contributed by atoms with Crippen molar-refractivity contribution in [3.05, 3.63) is 65.7 Å². The molecule has 2 fully saturated rings. The van der Waals surface area contributed by atoms with Crippen LogP contribution in [0.5, 0.6) is 5.75 Å². The first-order valence-corrected chi connectivity index (χ1v) is 14.1.